The van der Waals surface area contributed by atoms with Crippen LogP contribution < -0.4 is 10.1 Å². The third kappa shape index (κ3) is 3.43. The van der Waals surface area contributed by atoms with Crippen LogP contribution in [0.1, 0.15) is 35.4 Å². The number of methoxy groups -OCH3 is 1. The monoisotopic (exact) mass is 353 g/mol. The van der Waals surface area contributed by atoms with E-state index in [0.29, 0.717) is 0 Å². The van der Waals surface area contributed by atoms with Crippen molar-refractivity contribution in [1.29, 1.82) is 0 Å². The Morgan fingerprint density at radius 3 is 2.70 bits per heavy atom. The molecule has 0 aliphatic carbocycles. The number of hydrogen-bond donors (Lipinski definition) is 1. The number of thiophene rings is 1. The van der Waals surface area contributed by atoms with Crippen molar-refractivity contribution in [1.82, 2.24) is 5.32 Å². The quantitative estimate of drug-likeness (QED) is 0.795. The minimum atomic E-state index is 0.247. The molecule has 1 heterocycles. The van der Waals surface area contributed by atoms with Crippen LogP contribution in [0, 0.1) is 6.92 Å². The third-order valence-electron chi connectivity index (χ3n) is 3.27. The van der Waals surface area contributed by atoms with Crippen molar-refractivity contribution in [3.05, 3.63) is 50.1 Å². The summed E-state index contributed by atoms with van der Waals surface area (Å²) in [6.07, 6.45) is 1.12. The molecule has 1 atom stereocenters. The fraction of sp³-hybridized carbons (Fsp3) is 0.375. The van der Waals surface area contributed by atoms with Gasteiger partial charge in [-0.1, -0.05) is 13.0 Å². The Hall–Kier alpha value is -0.840. The van der Waals surface area contributed by atoms with E-state index in [1.54, 1.807) is 7.11 Å². The van der Waals surface area contributed by atoms with E-state index in [9.17, 15) is 0 Å². The molecule has 0 bridgehead atoms. The summed E-state index contributed by atoms with van der Waals surface area (Å²) in [6.45, 7) is 5.37. The molecule has 2 nitrogen and oxygen atoms in total. The molecule has 2 rings (SSSR count). The molecule has 0 aliphatic rings. The SMILES string of the molecule is CCCNC(c1ccc(OC)c(Br)c1)c1sccc1C. The summed E-state index contributed by atoms with van der Waals surface area (Å²) in [7, 11) is 1.69. The molecular formula is C16H20BrNOS. The second-order valence-electron chi connectivity index (χ2n) is 4.75. The van der Waals surface area contributed by atoms with E-state index in [1.165, 1.54) is 16.0 Å². The Balaban J connectivity index is 2.36. The zero-order chi connectivity index (χ0) is 14.5. The van der Waals surface area contributed by atoms with Crippen LogP contribution >= 0.6 is 27.3 Å². The predicted octanol–water partition coefficient (Wildman–Crippen LogP) is 4.92. The average molecular weight is 354 g/mol. The van der Waals surface area contributed by atoms with Gasteiger partial charge in [0.15, 0.2) is 0 Å². The molecule has 0 spiro atoms. The van der Waals surface area contributed by atoms with Crippen molar-refractivity contribution < 1.29 is 4.74 Å². The van der Waals surface area contributed by atoms with E-state index < -0.39 is 0 Å². The number of ether oxygens (including phenoxy) is 1. The predicted molar refractivity (Wildman–Crippen MR) is 89.9 cm³/mol. The summed E-state index contributed by atoms with van der Waals surface area (Å²) >= 11 is 5.39. The summed E-state index contributed by atoms with van der Waals surface area (Å²) in [5.41, 5.74) is 2.60. The Bertz CT molecular complexity index is 567. The lowest BCUT2D eigenvalue weighted by Crippen LogP contribution is -2.23. The highest BCUT2D eigenvalue weighted by atomic mass is 79.9. The van der Waals surface area contributed by atoms with Gasteiger partial charge in [-0.2, -0.15) is 0 Å². The normalized spacial score (nSPS) is 12.4. The van der Waals surface area contributed by atoms with Gasteiger partial charge in [0.2, 0.25) is 0 Å². The van der Waals surface area contributed by atoms with Gasteiger partial charge in [0.05, 0.1) is 17.6 Å². The van der Waals surface area contributed by atoms with Gasteiger partial charge in [0.25, 0.3) is 0 Å². The zero-order valence-electron chi connectivity index (χ0n) is 12.1. The molecular weight excluding hydrogens is 334 g/mol. The third-order valence-corrected chi connectivity index (χ3v) is 4.98. The molecule has 1 aromatic heterocycles. The van der Waals surface area contributed by atoms with Gasteiger partial charge in [-0.05, 0) is 70.5 Å². The van der Waals surface area contributed by atoms with E-state index in [-0.39, 0.29) is 6.04 Å². The van der Waals surface area contributed by atoms with Crippen molar-refractivity contribution in [3.8, 4) is 5.75 Å². The maximum atomic E-state index is 5.31. The van der Waals surface area contributed by atoms with Gasteiger partial charge in [-0.25, -0.2) is 0 Å². The topological polar surface area (TPSA) is 21.3 Å². The number of nitrogens with one attached hydrogen (secondary N) is 1. The molecule has 1 N–H and O–H groups in total. The second-order valence-corrected chi connectivity index (χ2v) is 6.55. The molecule has 4 heteroatoms. The zero-order valence-corrected chi connectivity index (χ0v) is 14.5. The van der Waals surface area contributed by atoms with Crippen LogP contribution in [-0.2, 0) is 0 Å². The lowest BCUT2D eigenvalue weighted by molar-refractivity contribution is 0.411. The van der Waals surface area contributed by atoms with Gasteiger partial charge >= 0.3 is 0 Å². The van der Waals surface area contributed by atoms with Crippen LogP contribution in [0.3, 0.4) is 0 Å². The van der Waals surface area contributed by atoms with Crippen molar-refractivity contribution in [3.63, 3.8) is 0 Å². The summed E-state index contributed by atoms with van der Waals surface area (Å²) in [5.74, 6) is 0.867. The van der Waals surface area contributed by atoms with Crippen molar-refractivity contribution in [2.45, 2.75) is 26.3 Å². The standard InChI is InChI=1S/C16H20BrNOS/c1-4-8-18-15(16-11(2)7-9-20-16)12-5-6-14(19-3)13(17)10-12/h5-7,9-10,15,18H,4,8H2,1-3H3. The molecule has 1 aromatic carbocycles. The average Bonchev–Trinajstić information content (AvgIpc) is 2.86. The molecule has 0 radical (unpaired) electrons. The van der Waals surface area contributed by atoms with Crippen molar-refractivity contribution in [2.24, 2.45) is 0 Å². The Kier molecular flexibility index (Phi) is 5.64. The smallest absolute Gasteiger partial charge is 0.133 e. The first-order valence-corrected chi connectivity index (χ1v) is 8.45. The summed E-state index contributed by atoms with van der Waals surface area (Å²) in [6, 6.07) is 8.72. The molecule has 108 valence electrons. The van der Waals surface area contributed by atoms with E-state index in [2.05, 4.69) is 58.7 Å². The molecule has 0 saturated carbocycles. The Morgan fingerprint density at radius 2 is 2.15 bits per heavy atom. The maximum Gasteiger partial charge on any atom is 0.133 e. The number of benzene rings is 1. The first kappa shape index (κ1) is 15.5. The van der Waals surface area contributed by atoms with Crippen LogP contribution in [0.15, 0.2) is 34.1 Å². The first-order chi connectivity index (χ1) is 9.67. The van der Waals surface area contributed by atoms with E-state index in [0.717, 1.165) is 23.2 Å². The van der Waals surface area contributed by atoms with E-state index >= 15 is 0 Å². The molecule has 0 saturated heterocycles. The van der Waals surface area contributed by atoms with Crippen LogP contribution in [0.5, 0.6) is 5.75 Å². The van der Waals surface area contributed by atoms with Gasteiger partial charge in [0.1, 0.15) is 5.75 Å². The largest absolute Gasteiger partial charge is 0.496 e. The minimum Gasteiger partial charge on any atom is -0.496 e. The van der Waals surface area contributed by atoms with Gasteiger partial charge in [-0.3, -0.25) is 0 Å². The summed E-state index contributed by atoms with van der Waals surface area (Å²) < 4.78 is 6.31. The lowest BCUT2D eigenvalue weighted by atomic mass is 10.0. The molecule has 0 fully saturated rings. The minimum absolute atomic E-state index is 0.247. The molecule has 0 amide bonds. The first-order valence-electron chi connectivity index (χ1n) is 6.78. The maximum absolute atomic E-state index is 5.31. The van der Waals surface area contributed by atoms with Crippen molar-refractivity contribution in [2.75, 3.05) is 13.7 Å². The fourth-order valence-corrected chi connectivity index (χ4v) is 3.78. The molecule has 20 heavy (non-hydrogen) atoms. The van der Waals surface area contributed by atoms with Crippen LogP contribution in [0.2, 0.25) is 0 Å². The highest BCUT2D eigenvalue weighted by Crippen LogP contribution is 2.33. The second kappa shape index (κ2) is 7.25. The Labute approximate surface area is 133 Å². The van der Waals surface area contributed by atoms with Gasteiger partial charge in [-0.15, -0.1) is 11.3 Å². The van der Waals surface area contributed by atoms with Crippen LogP contribution in [-0.4, -0.2) is 13.7 Å². The Morgan fingerprint density at radius 1 is 1.35 bits per heavy atom. The molecule has 1 unspecified atom stereocenters. The number of halogens is 1. The van der Waals surface area contributed by atoms with E-state index in [1.807, 2.05) is 17.4 Å². The highest BCUT2D eigenvalue weighted by molar-refractivity contribution is 9.10. The van der Waals surface area contributed by atoms with Crippen molar-refractivity contribution >= 4 is 27.3 Å². The number of rotatable bonds is 6. The van der Waals surface area contributed by atoms with Gasteiger partial charge < -0.3 is 10.1 Å². The highest BCUT2D eigenvalue weighted by Gasteiger charge is 2.17. The lowest BCUT2D eigenvalue weighted by Gasteiger charge is -2.20. The van der Waals surface area contributed by atoms with Crippen LogP contribution in [0.4, 0.5) is 0 Å². The van der Waals surface area contributed by atoms with Crippen LogP contribution in [0.25, 0.3) is 0 Å². The fourth-order valence-electron chi connectivity index (χ4n) is 2.19. The number of hydrogen-bond acceptors (Lipinski definition) is 3. The number of aryl methyl sites for hydroxylation is 1. The van der Waals surface area contributed by atoms with Gasteiger partial charge in [0, 0.05) is 4.88 Å². The molecule has 2 aromatic rings. The molecule has 0 aliphatic heterocycles. The van der Waals surface area contributed by atoms with E-state index in [4.69, 9.17) is 4.74 Å². The summed E-state index contributed by atoms with van der Waals surface area (Å²) in [4.78, 5) is 1.38. The summed E-state index contributed by atoms with van der Waals surface area (Å²) in [5, 5.41) is 5.80.